The smallest absolute Gasteiger partial charge is 0.0700 e. The quantitative estimate of drug-likeness (QED) is 0.780. The molecule has 1 saturated heterocycles. The second-order valence-electron chi connectivity index (χ2n) is 4.45. The van der Waals surface area contributed by atoms with Crippen LogP contribution in [0.5, 0.6) is 0 Å². The van der Waals surface area contributed by atoms with Crippen molar-refractivity contribution in [3.05, 3.63) is 24.0 Å². The molecular weight excluding hydrogens is 216 g/mol. The minimum atomic E-state index is 0.414. The number of methoxy groups -OCH3 is 1. The number of hydrogen-bond acceptors (Lipinski definition) is 3. The van der Waals surface area contributed by atoms with Crippen LogP contribution in [-0.2, 0) is 22.6 Å². The molecule has 0 radical (unpaired) electrons. The highest BCUT2D eigenvalue weighted by atomic mass is 16.5. The van der Waals surface area contributed by atoms with Crippen molar-refractivity contribution in [1.82, 2.24) is 9.88 Å². The molecule has 0 saturated carbocycles. The van der Waals surface area contributed by atoms with Gasteiger partial charge in [-0.1, -0.05) is 0 Å². The van der Waals surface area contributed by atoms with Gasteiger partial charge in [0.2, 0.25) is 0 Å². The number of nitrogens with one attached hydrogen (secondary N) is 1. The standard InChI is InChI=1S/C13H22N2O2/c1-16-9-7-15-6-2-4-12(15)10-14-11-13-5-3-8-17-13/h2,4,6,13-14H,3,5,7-11H2,1H3. The van der Waals surface area contributed by atoms with Gasteiger partial charge in [-0.2, -0.15) is 0 Å². The van der Waals surface area contributed by atoms with E-state index in [-0.39, 0.29) is 0 Å². The van der Waals surface area contributed by atoms with Gasteiger partial charge >= 0.3 is 0 Å². The van der Waals surface area contributed by atoms with Crippen LogP contribution < -0.4 is 5.32 Å². The molecule has 0 aromatic carbocycles. The van der Waals surface area contributed by atoms with Gasteiger partial charge in [0, 0.05) is 45.2 Å². The van der Waals surface area contributed by atoms with Crippen molar-refractivity contribution < 1.29 is 9.47 Å². The van der Waals surface area contributed by atoms with Crippen LogP contribution >= 0.6 is 0 Å². The summed E-state index contributed by atoms with van der Waals surface area (Å²) in [5.74, 6) is 0. The van der Waals surface area contributed by atoms with E-state index in [0.29, 0.717) is 6.10 Å². The lowest BCUT2D eigenvalue weighted by Gasteiger charge is -2.12. The Kier molecular flexibility index (Phi) is 5.04. The highest BCUT2D eigenvalue weighted by Crippen LogP contribution is 2.11. The van der Waals surface area contributed by atoms with E-state index in [1.807, 2.05) is 0 Å². The Labute approximate surface area is 103 Å². The van der Waals surface area contributed by atoms with Gasteiger partial charge < -0.3 is 19.4 Å². The van der Waals surface area contributed by atoms with E-state index in [2.05, 4.69) is 28.2 Å². The minimum absolute atomic E-state index is 0.414. The summed E-state index contributed by atoms with van der Waals surface area (Å²) in [5, 5.41) is 3.46. The fourth-order valence-corrected chi connectivity index (χ4v) is 2.18. The van der Waals surface area contributed by atoms with Crippen molar-refractivity contribution in [2.24, 2.45) is 0 Å². The molecule has 1 aliphatic heterocycles. The van der Waals surface area contributed by atoms with E-state index in [1.165, 1.54) is 18.5 Å². The Morgan fingerprint density at radius 1 is 1.59 bits per heavy atom. The van der Waals surface area contributed by atoms with Gasteiger partial charge in [0.05, 0.1) is 12.7 Å². The normalized spacial score (nSPS) is 19.9. The van der Waals surface area contributed by atoms with E-state index in [0.717, 1.165) is 32.8 Å². The van der Waals surface area contributed by atoms with Crippen LogP contribution in [0.2, 0.25) is 0 Å². The second kappa shape index (κ2) is 6.79. The first kappa shape index (κ1) is 12.6. The predicted octanol–water partition coefficient (Wildman–Crippen LogP) is 1.40. The van der Waals surface area contributed by atoms with Crippen LogP contribution in [-0.4, -0.2) is 37.5 Å². The lowest BCUT2D eigenvalue weighted by Crippen LogP contribution is -2.26. The summed E-state index contributed by atoms with van der Waals surface area (Å²) in [5.41, 5.74) is 1.31. The van der Waals surface area contributed by atoms with E-state index in [4.69, 9.17) is 9.47 Å². The Balaban J connectivity index is 1.72. The van der Waals surface area contributed by atoms with Crippen molar-refractivity contribution in [2.45, 2.75) is 32.0 Å². The molecule has 1 fully saturated rings. The van der Waals surface area contributed by atoms with Gasteiger partial charge in [-0.15, -0.1) is 0 Å². The van der Waals surface area contributed by atoms with Crippen LogP contribution in [0.15, 0.2) is 18.3 Å². The monoisotopic (exact) mass is 238 g/mol. The lowest BCUT2D eigenvalue weighted by atomic mass is 10.2. The second-order valence-corrected chi connectivity index (χ2v) is 4.45. The average molecular weight is 238 g/mol. The Hall–Kier alpha value is -0.840. The van der Waals surface area contributed by atoms with Crippen LogP contribution in [0.25, 0.3) is 0 Å². The molecule has 2 heterocycles. The zero-order valence-electron chi connectivity index (χ0n) is 10.5. The maximum atomic E-state index is 5.58. The van der Waals surface area contributed by atoms with E-state index in [9.17, 15) is 0 Å². The van der Waals surface area contributed by atoms with Crippen molar-refractivity contribution in [3.8, 4) is 0 Å². The van der Waals surface area contributed by atoms with Crippen LogP contribution in [0, 0.1) is 0 Å². The molecule has 17 heavy (non-hydrogen) atoms. The molecule has 1 atom stereocenters. The molecule has 1 aliphatic rings. The molecular formula is C13H22N2O2. The number of aromatic nitrogens is 1. The van der Waals surface area contributed by atoms with Crippen molar-refractivity contribution in [1.29, 1.82) is 0 Å². The summed E-state index contributed by atoms with van der Waals surface area (Å²) in [6, 6.07) is 4.23. The molecule has 1 N–H and O–H groups in total. The van der Waals surface area contributed by atoms with E-state index in [1.54, 1.807) is 7.11 Å². The fourth-order valence-electron chi connectivity index (χ4n) is 2.18. The Bertz CT molecular complexity index is 319. The van der Waals surface area contributed by atoms with Crippen LogP contribution in [0.4, 0.5) is 0 Å². The number of hydrogen-bond donors (Lipinski definition) is 1. The van der Waals surface area contributed by atoms with Crippen LogP contribution in [0.3, 0.4) is 0 Å². The molecule has 1 unspecified atom stereocenters. The topological polar surface area (TPSA) is 35.4 Å². The summed E-state index contributed by atoms with van der Waals surface area (Å²) in [6.45, 7) is 4.45. The molecule has 4 heteroatoms. The first-order valence-electron chi connectivity index (χ1n) is 6.35. The summed E-state index contributed by atoms with van der Waals surface area (Å²) in [6.07, 6.45) is 4.91. The first-order chi connectivity index (χ1) is 8.40. The average Bonchev–Trinajstić information content (AvgIpc) is 2.98. The van der Waals surface area contributed by atoms with Gasteiger partial charge in [0.1, 0.15) is 0 Å². The number of ether oxygens (including phenoxy) is 2. The maximum absolute atomic E-state index is 5.58. The molecule has 4 nitrogen and oxygen atoms in total. The number of nitrogens with zero attached hydrogens (tertiary/aromatic N) is 1. The minimum Gasteiger partial charge on any atom is -0.383 e. The molecule has 0 aliphatic carbocycles. The molecule has 0 spiro atoms. The van der Waals surface area contributed by atoms with Gasteiger partial charge in [-0.25, -0.2) is 0 Å². The summed E-state index contributed by atoms with van der Waals surface area (Å²) in [4.78, 5) is 0. The largest absolute Gasteiger partial charge is 0.383 e. The SMILES string of the molecule is COCCn1cccc1CNCC1CCCO1. The van der Waals surface area contributed by atoms with Crippen LogP contribution in [0.1, 0.15) is 18.5 Å². The van der Waals surface area contributed by atoms with Gasteiger partial charge in [0.15, 0.2) is 0 Å². The highest BCUT2D eigenvalue weighted by Gasteiger charge is 2.14. The van der Waals surface area contributed by atoms with Gasteiger partial charge in [0.25, 0.3) is 0 Å². The maximum Gasteiger partial charge on any atom is 0.0700 e. The first-order valence-corrected chi connectivity index (χ1v) is 6.35. The summed E-state index contributed by atoms with van der Waals surface area (Å²) < 4.78 is 12.9. The highest BCUT2D eigenvalue weighted by molar-refractivity contribution is 5.06. The molecule has 96 valence electrons. The zero-order chi connectivity index (χ0) is 11.9. The van der Waals surface area contributed by atoms with E-state index < -0.39 is 0 Å². The van der Waals surface area contributed by atoms with Crippen molar-refractivity contribution in [3.63, 3.8) is 0 Å². The van der Waals surface area contributed by atoms with Gasteiger partial charge in [-0.05, 0) is 25.0 Å². The third-order valence-electron chi connectivity index (χ3n) is 3.16. The van der Waals surface area contributed by atoms with Gasteiger partial charge in [-0.3, -0.25) is 0 Å². The third-order valence-corrected chi connectivity index (χ3v) is 3.16. The zero-order valence-corrected chi connectivity index (χ0v) is 10.5. The molecule has 1 aromatic rings. The lowest BCUT2D eigenvalue weighted by molar-refractivity contribution is 0.109. The predicted molar refractivity (Wildman–Crippen MR) is 67.0 cm³/mol. The Morgan fingerprint density at radius 2 is 2.53 bits per heavy atom. The summed E-state index contributed by atoms with van der Waals surface area (Å²) in [7, 11) is 1.73. The summed E-state index contributed by atoms with van der Waals surface area (Å²) >= 11 is 0. The molecule has 1 aromatic heterocycles. The molecule has 0 amide bonds. The molecule has 0 bridgehead atoms. The van der Waals surface area contributed by atoms with Crippen molar-refractivity contribution in [2.75, 3.05) is 26.9 Å². The number of rotatable bonds is 7. The van der Waals surface area contributed by atoms with Crippen molar-refractivity contribution >= 4 is 0 Å². The van der Waals surface area contributed by atoms with E-state index >= 15 is 0 Å². The Morgan fingerprint density at radius 3 is 3.29 bits per heavy atom. The molecule has 2 rings (SSSR count). The third kappa shape index (κ3) is 3.84. The fraction of sp³-hybridized carbons (Fsp3) is 0.692.